The lowest BCUT2D eigenvalue weighted by Crippen LogP contribution is -2.32. The van der Waals surface area contributed by atoms with E-state index in [-0.39, 0.29) is 24.2 Å². The maximum Gasteiger partial charge on any atom is 0.269 e. The fourth-order valence-corrected chi connectivity index (χ4v) is 2.28. The average Bonchev–Trinajstić information content (AvgIpc) is 2.54. The van der Waals surface area contributed by atoms with Gasteiger partial charge >= 0.3 is 0 Å². The number of carbonyl (C=O) groups excluding carboxylic acids is 1. The van der Waals surface area contributed by atoms with Crippen LogP contribution in [0, 0.1) is 15.9 Å². The van der Waals surface area contributed by atoms with Crippen molar-refractivity contribution in [2.75, 3.05) is 18.9 Å². The maximum absolute atomic E-state index is 13.1. The first-order valence-corrected chi connectivity index (χ1v) is 7.37. The summed E-state index contributed by atoms with van der Waals surface area (Å²) in [5.74, 6) is -0.716. The molecule has 0 saturated carbocycles. The fourth-order valence-electron chi connectivity index (χ4n) is 2.28. The van der Waals surface area contributed by atoms with E-state index in [4.69, 9.17) is 0 Å². The molecule has 0 saturated heterocycles. The van der Waals surface area contributed by atoms with E-state index in [1.165, 1.54) is 30.3 Å². The number of nitro benzene ring substituents is 1. The van der Waals surface area contributed by atoms with Crippen molar-refractivity contribution in [1.29, 1.82) is 0 Å². The number of nitrogens with one attached hydrogen (secondary N) is 1. The summed E-state index contributed by atoms with van der Waals surface area (Å²) in [6.45, 7) is 1.93. The number of amides is 1. The number of carbonyl (C=O) groups is 1. The summed E-state index contributed by atoms with van der Waals surface area (Å²) >= 11 is 0. The van der Waals surface area contributed by atoms with Gasteiger partial charge in [0.2, 0.25) is 5.91 Å². The molecule has 2 aromatic carbocycles. The zero-order valence-electron chi connectivity index (χ0n) is 13.4. The summed E-state index contributed by atoms with van der Waals surface area (Å²) in [5.41, 5.74) is 1.14. The molecule has 7 heteroatoms. The Morgan fingerprint density at radius 3 is 2.67 bits per heavy atom. The van der Waals surface area contributed by atoms with Crippen LogP contribution in [-0.2, 0) is 4.79 Å². The molecule has 1 atom stereocenters. The van der Waals surface area contributed by atoms with Gasteiger partial charge in [-0.3, -0.25) is 19.8 Å². The second-order valence-corrected chi connectivity index (χ2v) is 5.50. The normalized spacial score (nSPS) is 12.0. The van der Waals surface area contributed by atoms with E-state index in [9.17, 15) is 19.3 Å². The maximum atomic E-state index is 13.1. The van der Waals surface area contributed by atoms with E-state index in [0.29, 0.717) is 5.69 Å². The SMILES string of the molecule is C[C@@H](c1cccc([N+](=O)[O-])c1)N(C)CC(=O)Nc1cccc(F)c1. The van der Waals surface area contributed by atoms with Gasteiger partial charge in [-0.1, -0.05) is 18.2 Å². The summed E-state index contributed by atoms with van der Waals surface area (Å²) in [6, 6.07) is 11.8. The lowest BCUT2D eigenvalue weighted by atomic mass is 10.1. The zero-order chi connectivity index (χ0) is 17.7. The van der Waals surface area contributed by atoms with Crippen molar-refractivity contribution in [1.82, 2.24) is 4.90 Å². The fraction of sp³-hybridized carbons (Fsp3) is 0.235. The van der Waals surface area contributed by atoms with Crippen molar-refractivity contribution < 1.29 is 14.1 Å². The number of likely N-dealkylation sites (N-methyl/N-ethyl adjacent to an activating group) is 1. The van der Waals surface area contributed by atoms with Crippen LogP contribution < -0.4 is 5.32 Å². The Morgan fingerprint density at radius 1 is 1.29 bits per heavy atom. The third-order valence-corrected chi connectivity index (χ3v) is 3.73. The minimum absolute atomic E-state index is 0.0111. The molecule has 0 radical (unpaired) electrons. The van der Waals surface area contributed by atoms with Crippen LogP contribution in [-0.4, -0.2) is 29.3 Å². The van der Waals surface area contributed by atoms with Crippen LogP contribution in [0.5, 0.6) is 0 Å². The number of halogens is 1. The Morgan fingerprint density at radius 2 is 2.00 bits per heavy atom. The molecule has 0 aromatic heterocycles. The average molecular weight is 331 g/mol. The molecule has 1 amide bonds. The van der Waals surface area contributed by atoms with E-state index < -0.39 is 10.7 Å². The lowest BCUT2D eigenvalue weighted by Gasteiger charge is -2.24. The summed E-state index contributed by atoms with van der Waals surface area (Å²) < 4.78 is 13.1. The number of non-ortho nitro benzene ring substituents is 1. The molecule has 0 heterocycles. The Balaban J connectivity index is 2.00. The molecule has 2 rings (SSSR count). The predicted molar refractivity (Wildman–Crippen MR) is 89.2 cm³/mol. The van der Waals surface area contributed by atoms with Gasteiger partial charge in [-0.15, -0.1) is 0 Å². The van der Waals surface area contributed by atoms with E-state index >= 15 is 0 Å². The molecule has 0 bridgehead atoms. The molecule has 0 aliphatic rings. The molecule has 0 aliphatic heterocycles. The highest BCUT2D eigenvalue weighted by Crippen LogP contribution is 2.22. The van der Waals surface area contributed by atoms with Crippen LogP contribution in [0.1, 0.15) is 18.5 Å². The number of hydrogen-bond acceptors (Lipinski definition) is 4. The first-order chi connectivity index (χ1) is 11.4. The largest absolute Gasteiger partial charge is 0.325 e. The lowest BCUT2D eigenvalue weighted by molar-refractivity contribution is -0.384. The minimum Gasteiger partial charge on any atom is -0.325 e. The molecule has 0 fully saturated rings. The van der Waals surface area contributed by atoms with Gasteiger partial charge in [-0.2, -0.15) is 0 Å². The number of hydrogen-bond donors (Lipinski definition) is 1. The minimum atomic E-state index is -0.452. The van der Waals surface area contributed by atoms with Crippen molar-refractivity contribution in [2.45, 2.75) is 13.0 Å². The van der Waals surface area contributed by atoms with E-state index in [0.717, 1.165) is 5.56 Å². The third kappa shape index (κ3) is 4.60. The van der Waals surface area contributed by atoms with Crippen molar-refractivity contribution in [2.24, 2.45) is 0 Å². The number of rotatable bonds is 6. The highest BCUT2D eigenvalue weighted by molar-refractivity contribution is 5.92. The Bertz CT molecular complexity index is 751. The van der Waals surface area contributed by atoms with Crippen molar-refractivity contribution in [3.63, 3.8) is 0 Å². The van der Waals surface area contributed by atoms with Gasteiger partial charge in [0.05, 0.1) is 11.5 Å². The monoisotopic (exact) mass is 331 g/mol. The Hall–Kier alpha value is -2.80. The van der Waals surface area contributed by atoms with Crippen LogP contribution in [0.2, 0.25) is 0 Å². The zero-order valence-corrected chi connectivity index (χ0v) is 13.4. The number of nitrogens with zero attached hydrogens (tertiary/aromatic N) is 2. The molecule has 0 aliphatic carbocycles. The molecule has 126 valence electrons. The first-order valence-electron chi connectivity index (χ1n) is 7.37. The number of nitro groups is 1. The highest BCUT2D eigenvalue weighted by atomic mass is 19.1. The Kier molecular flexibility index (Phi) is 5.59. The molecule has 2 aromatic rings. The molecule has 0 unspecified atom stereocenters. The van der Waals surface area contributed by atoms with Gasteiger partial charge < -0.3 is 5.32 Å². The smallest absolute Gasteiger partial charge is 0.269 e. The van der Waals surface area contributed by atoms with Crippen molar-refractivity contribution >= 4 is 17.3 Å². The third-order valence-electron chi connectivity index (χ3n) is 3.73. The molecule has 24 heavy (non-hydrogen) atoms. The highest BCUT2D eigenvalue weighted by Gasteiger charge is 2.17. The second kappa shape index (κ2) is 7.65. The van der Waals surface area contributed by atoms with Gasteiger partial charge in [0, 0.05) is 23.9 Å². The van der Waals surface area contributed by atoms with Crippen LogP contribution in [0.4, 0.5) is 15.8 Å². The summed E-state index contributed by atoms with van der Waals surface area (Å²) in [5, 5.41) is 13.5. The van der Waals surface area contributed by atoms with Gasteiger partial charge in [0.1, 0.15) is 5.82 Å². The molecule has 1 N–H and O–H groups in total. The Labute approximate surface area is 139 Å². The molecular formula is C17H18FN3O3. The van der Waals surface area contributed by atoms with Crippen molar-refractivity contribution in [3.8, 4) is 0 Å². The molecule has 0 spiro atoms. The topological polar surface area (TPSA) is 75.5 Å². The van der Waals surface area contributed by atoms with Gasteiger partial charge in [0.15, 0.2) is 0 Å². The van der Waals surface area contributed by atoms with Crippen molar-refractivity contribution in [3.05, 3.63) is 70.0 Å². The van der Waals surface area contributed by atoms with E-state index in [2.05, 4.69) is 5.32 Å². The van der Waals surface area contributed by atoms with Crippen LogP contribution in [0.15, 0.2) is 48.5 Å². The van der Waals surface area contributed by atoms with E-state index in [1.807, 2.05) is 6.92 Å². The molecule has 6 nitrogen and oxygen atoms in total. The second-order valence-electron chi connectivity index (χ2n) is 5.50. The summed E-state index contributed by atoms with van der Waals surface area (Å²) in [7, 11) is 1.74. The van der Waals surface area contributed by atoms with Gasteiger partial charge in [0.25, 0.3) is 5.69 Å². The quantitative estimate of drug-likeness (QED) is 0.650. The standard InChI is InChI=1S/C17H18FN3O3/c1-12(13-5-3-8-16(9-13)21(23)24)20(2)11-17(22)19-15-7-4-6-14(18)10-15/h3-10,12H,11H2,1-2H3,(H,19,22)/t12-/m0/s1. The number of benzene rings is 2. The molecular weight excluding hydrogens is 313 g/mol. The van der Waals surface area contributed by atoms with E-state index in [1.54, 1.807) is 30.1 Å². The van der Waals surface area contributed by atoms with Crippen LogP contribution >= 0.6 is 0 Å². The first kappa shape index (κ1) is 17.6. The predicted octanol–water partition coefficient (Wildman–Crippen LogP) is 3.37. The van der Waals surface area contributed by atoms with Crippen LogP contribution in [0.25, 0.3) is 0 Å². The summed E-state index contributed by atoms with van der Waals surface area (Å²) in [4.78, 5) is 24.2. The van der Waals surface area contributed by atoms with Gasteiger partial charge in [-0.25, -0.2) is 4.39 Å². The summed E-state index contributed by atoms with van der Waals surface area (Å²) in [6.07, 6.45) is 0. The van der Waals surface area contributed by atoms with Crippen LogP contribution in [0.3, 0.4) is 0 Å². The van der Waals surface area contributed by atoms with Gasteiger partial charge in [-0.05, 0) is 37.7 Å². The number of anilines is 1.